The summed E-state index contributed by atoms with van der Waals surface area (Å²) in [6, 6.07) is 0.312. The van der Waals surface area contributed by atoms with Crippen LogP contribution in [0, 0.1) is 11.8 Å². The van der Waals surface area contributed by atoms with Gasteiger partial charge in [0, 0.05) is 52.3 Å². The van der Waals surface area contributed by atoms with Crippen LogP contribution in [0.3, 0.4) is 0 Å². The standard InChI is InChI=1S/C21H39N5O2.HI/c1-22-21(23-15-17-7-10-25(11-8-17)13-14-28-2)24-19-9-12-26(16-19)20(27)18-5-3-4-6-18;/h17-19H,3-16H2,1-2H3,(H2,22,23,24);1H. The number of ether oxygens (including phenoxy) is 1. The molecule has 8 heteroatoms. The number of guanidine groups is 1. The first-order chi connectivity index (χ1) is 13.7. The van der Waals surface area contributed by atoms with E-state index in [4.69, 9.17) is 4.74 Å². The number of aliphatic imine (C=N–C) groups is 1. The van der Waals surface area contributed by atoms with Crippen molar-refractivity contribution >= 4 is 35.8 Å². The van der Waals surface area contributed by atoms with Gasteiger partial charge in [0.15, 0.2) is 5.96 Å². The van der Waals surface area contributed by atoms with Crippen molar-refractivity contribution < 1.29 is 9.53 Å². The molecule has 1 aliphatic carbocycles. The summed E-state index contributed by atoms with van der Waals surface area (Å²) in [6.07, 6.45) is 8.06. The lowest BCUT2D eigenvalue weighted by Crippen LogP contribution is -2.47. The van der Waals surface area contributed by atoms with Crippen LogP contribution in [-0.4, -0.2) is 87.7 Å². The first-order valence-corrected chi connectivity index (χ1v) is 11.2. The highest BCUT2D eigenvalue weighted by atomic mass is 127. The highest BCUT2D eigenvalue weighted by Crippen LogP contribution is 2.27. The first kappa shape index (κ1) is 24.7. The number of carbonyl (C=O) groups is 1. The van der Waals surface area contributed by atoms with Crippen molar-refractivity contribution in [1.29, 1.82) is 0 Å². The zero-order valence-corrected chi connectivity index (χ0v) is 20.5. The number of nitrogens with one attached hydrogen (secondary N) is 2. The molecule has 7 nitrogen and oxygen atoms in total. The zero-order chi connectivity index (χ0) is 19.8. The van der Waals surface area contributed by atoms with Crippen LogP contribution in [-0.2, 0) is 9.53 Å². The van der Waals surface area contributed by atoms with Crippen LogP contribution in [0.4, 0.5) is 0 Å². The molecule has 2 aliphatic heterocycles. The first-order valence-electron chi connectivity index (χ1n) is 11.2. The molecule has 2 N–H and O–H groups in total. The minimum Gasteiger partial charge on any atom is -0.383 e. The molecular weight excluding hydrogens is 481 g/mol. The smallest absolute Gasteiger partial charge is 0.225 e. The van der Waals surface area contributed by atoms with Gasteiger partial charge in [-0.2, -0.15) is 0 Å². The molecule has 0 bridgehead atoms. The van der Waals surface area contributed by atoms with Gasteiger partial charge >= 0.3 is 0 Å². The van der Waals surface area contributed by atoms with Gasteiger partial charge in [-0.25, -0.2) is 0 Å². The minimum absolute atomic E-state index is 0. The van der Waals surface area contributed by atoms with Gasteiger partial charge in [0.2, 0.25) is 5.91 Å². The van der Waals surface area contributed by atoms with E-state index in [9.17, 15) is 4.79 Å². The van der Waals surface area contributed by atoms with Gasteiger partial charge in [-0.3, -0.25) is 9.79 Å². The van der Waals surface area contributed by atoms with Crippen molar-refractivity contribution in [1.82, 2.24) is 20.4 Å². The maximum atomic E-state index is 12.6. The Kier molecular flexibility index (Phi) is 11.0. The number of hydrogen-bond acceptors (Lipinski definition) is 4. The Morgan fingerprint density at radius 1 is 1.10 bits per heavy atom. The summed E-state index contributed by atoms with van der Waals surface area (Å²) in [4.78, 5) is 21.6. The second-order valence-corrected chi connectivity index (χ2v) is 8.63. The van der Waals surface area contributed by atoms with Gasteiger partial charge < -0.3 is 25.2 Å². The zero-order valence-electron chi connectivity index (χ0n) is 18.2. The second kappa shape index (κ2) is 12.9. The van der Waals surface area contributed by atoms with Gasteiger partial charge in [0.25, 0.3) is 0 Å². The molecule has 0 radical (unpaired) electrons. The Balaban J connectivity index is 0.00000300. The van der Waals surface area contributed by atoms with E-state index in [1.54, 1.807) is 7.11 Å². The third kappa shape index (κ3) is 7.54. The Morgan fingerprint density at radius 2 is 1.83 bits per heavy atom. The fraction of sp³-hybridized carbons (Fsp3) is 0.905. The molecule has 0 spiro atoms. The number of halogens is 1. The molecule has 2 saturated heterocycles. The van der Waals surface area contributed by atoms with E-state index in [1.165, 1.54) is 25.7 Å². The van der Waals surface area contributed by atoms with Crippen LogP contribution in [0.25, 0.3) is 0 Å². The Hall–Kier alpha value is -0.610. The number of amides is 1. The molecule has 3 rings (SSSR count). The molecule has 2 heterocycles. The van der Waals surface area contributed by atoms with E-state index >= 15 is 0 Å². The number of carbonyl (C=O) groups excluding carboxylic acids is 1. The Labute approximate surface area is 193 Å². The summed E-state index contributed by atoms with van der Waals surface area (Å²) in [5.41, 5.74) is 0. The summed E-state index contributed by atoms with van der Waals surface area (Å²) in [6.45, 7) is 6.83. The molecule has 0 aromatic heterocycles. The predicted octanol–water partition coefficient (Wildman–Crippen LogP) is 1.92. The maximum Gasteiger partial charge on any atom is 0.225 e. The monoisotopic (exact) mass is 521 g/mol. The SMILES string of the molecule is CN=C(NCC1CCN(CCOC)CC1)NC1CCN(C(=O)C2CCCC2)C1.I. The summed E-state index contributed by atoms with van der Waals surface area (Å²) < 4.78 is 5.18. The molecule has 0 aromatic carbocycles. The van der Waals surface area contributed by atoms with Crippen LogP contribution in [0.2, 0.25) is 0 Å². The second-order valence-electron chi connectivity index (χ2n) is 8.63. The highest BCUT2D eigenvalue weighted by molar-refractivity contribution is 14.0. The molecule has 3 fully saturated rings. The van der Waals surface area contributed by atoms with Gasteiger partial charge in [0.1, 0.15) is 0 Å². The number of rotatable bonds is 7. The van der Waals surface area contributed by atoms with Crippen molar-refractivity contribution in [2.24, 2.45) is 16.8 Å². The molecule has 1 atom stereocenters. The number of hydrogen-bond donors (Lipinski definition) is 2. The van der Waals surface area contributed by atoms with Gasteiger partial charge in [-0.1, -0.05) is 12.8 Å². The normalized spacial score (nSPS) is 24.6. The third-order valence-corrected chi connectivity index (χ3v) is 6.65. The van der Waals surface area contributed by atoms with Crippen LogP contribution in [0.15, 0.2) is 4.99 Å². The van der Waals surface area contributed by atoms with Crippen molar-refractivity contribution in [3.63, 3.8) is 0 Å². The molecule has 0 aromatic rings. The van der Waals surface area contributed by atoms with Crippen molar-refractivity contribution in [2.45, 2.75) is 51.0 Å². The lowest BCUT2D eigenvalue weighted by atomic mass is 9.97. The van der Waals surface area contributed by atoms with Crippen molar-refractivity contribution in [2.75, 3.05) is 60.0 Å². The maximum absolute atomic E-state index is 12.6. The molecule has 1 amide bonds. The molecule has 29 heavy (non-hydrogen) atoms. The molecule has 1 unspecified atom stereocenters. The van der Waals surface area contributed by atoms with E-state index in [2.05, 4.69) is 25.4 Å². The summed E-state index contributed by atoms with van der Waals surface area (Å²) >= 11 is 0. The average Bonchev–Trinajstić information content (AvgIpc) is 3.42. The van der Waals surface area contributed by atoms with E-state index in [0.29, 0.717) is 17.9 Å². The van der Waals surface area contributed by atoms with Crippen molar-refractivity contribution in [3.05, 3.63) is 0 Å². The molecular formula is C21H40IN5O2. The number of nitrogens with zero attached hydrogens (tertiary/aromatic N) is 3. The van der Waals surface area contributed by atoms with Crippen LogP contribution in [0.1, 0.15) is 44.9 Å². The van der Waals surface area contributed by atoms with Gasteiger partial charge in [0.05, 0.1) is 6.61 Å². The fourth-order valence-corrected chi connectivity index (χ4v) is 4.77. The molecule has 3 aliphatic rings. The molecule has 1 saturated carbocycles. The third-order valence-electron chi connectivity index (χ3n) is 6.65. The lowest BCUT2D eigenvalue weighted by Gasteiger charge is -2.32. The topological polar surface area (TPSA) is 69.2 Å². The minimum atomic E-state index is 0. The predicted molar refractivity (Wildman–Crippen MR) is 128 cm³/mol. The number of likely N-dealkylation sites (tertiary alicyclic amines) is 2. The van der Waals surface area contributed by atoms with E-state index < -0.39 is 0 Å². The van der Waals surface area contributed by atoms with Crippen LogP contribution < -0.4 is 10.6 Å². The Morgan fingerprint density at radius 3 is 2.48 bits per heavy atom. The van der Waals surface area contributed by atoms with E-state index in [1.807, 2.05) is 7.05 Å². The molecule has 168 valence electrons. The summed E-state index contributed by atoms with van der Waals surface area (Å²) in [5, 5.41) is 7.05. The summed E-state index contributed by atoms with van der Waals surface area (Å²) in [7, 11) is 3.60. The van der Waals surface area contributed by atoms with Crippen molar-refractivity contribution in [3.8, 4) is 0 Å². The lowest BCUT2D eigenvalue weighted by molar-refractivity contribution is -0.134. The summed E-state index contributed by atoms with van der Waals surface area (Å²) in [5.74, 6) is 2.24. The highest BCUT2D eigenvalue weighted by Gasteiger charge is 2.32. The van der Waals surface area contributed by atoms with Crippen LogP contribution >= 0.6 is 24.0 Å². The van der Waals surface area contributed by atoms with E-state index in [0.717, 1.165) is 71.1 Å². The largest absolute Gasteiger partial charge is 0.383 e. The van der Waals surface area contributed by atoms with Gasteiger partial charge in [-0.15, -0.1) is 24.0 Å². The number of piperidine rings is 1. The van der Waals surface area contributed by atoms with Gasteiger partial charge in [-0.05, 0) is 51.1 Å². The quantitative estimate of drug-likeness (QED) is 0.305. The van der Waals surface area contributed by atoms with E-state index in [-0.39, 0.29) is 29.9 Å². The Bertz CT molecular complexity index is 519. The number of methoxy groups -OCH3 is 1. The van der Waals surface area contributed by atoms with Crippen LogP contribution in [0.5, 0.6) is 0 Å². The average molecular weight is 521 g/mol. The fourth-order valence-electron chi connectivity index (χ4n) is 4.77.